The third-order valence-electron chi connectivity index (χ3n) is 2.12. The van der Waals surface area contributed by atoms with E-state index in [1.54, 1.807) is 20.8 Å². The summed E-state index contributed by atoms with van der Waals surface area (Å²) in [6.45, 7) is 5.05. The molecule has 17 heavy (non-hydrogen) atoms. The van der Waals surface area contributed by atoms with Crippen molar-refractivity contribution in [2.24, 2.45) is 5.41 Å². The maximum atomic E-state index is 11.4. The predicted octanol–water partition coefficient (Wildman–Crippen LogP) is 0.0366. The number of amides is 1. The summed E-state index contributed by atoms with van der Waals surface area (Å²) in [5.41, 5.74) is -0.632. The molecule has 0 aromatic carbocycles. The largest absolute Gasteiger partial charge is 0.480 e. The summed E-state index contributed by atoms with van der Waals surface area (Å²) >= 11 is 0. The molecule has 0 aliphatic rings. The number of carboxylic acid groups (broad SMARTS) is 1. The number of carboxylic acids is 1. The van der Waals surface area contributed by atoms with Crippen molar-refractivity contribution in [3.63, 3.8) is 0 Å². The Kier molecular flexibility index (Phi) is 5.12. The monoisotopic (exact) mass is 265 g/mol. The molecule has 0 aromatic rings. The van der Waals surface area contributed by atoms with Crippen LogP contribution < -0.4 is 5.32 Å². The minimum absolute atomic E-state index is 0.224. The summed E-state index contributed by atoms with van der Waals surface area (Å²) in [5, 5.41) is 11.3. The fourth-order valence-corrected chi connectivity index (χ4v) is 1.72. The van der Waals surface area contributed by atoms with Crippen LogP contribution in [0.3, 0.4) is 0 Å². The molecular formula is C10H19NO5S. The fraction of sp³-hybridized carbons (Fsp3) is 0.800. The smallest absolute Gasteiger partial charge is 0.326 e. The van der Waals surface area contributed by atoms with Crippen LogP contribution in [0.25, 0.3) is 0 Å². The van der Waals surface area contributed by atoms with Gasteiger partial charge in [-0.3, -0.25) is 4.79 Å². The number of hydrogen-bond donors (Lipinski definition) is 2. The average molecular weight is 265 g/mol. The standard InChI is InChI=1S/C10H19NO5S/c1-10(2,3)8(9(13)14)11-7(12)5-6-17(4,15)16/h8H,5-6H2,1-4H3,(H,11,12)(H,13,14)/t8-/m1/s1. The van der Waals surface area contributed by atoms with Crippen LogP contribution in [0.5, 0.6) is 0 Å². The van der Waals surface area contributed by atoms with Gasteiger partial charge in [0, 0.05) is 12.7 Å². The van der Waals surface area contributed by atoms with Gasteiger partial charge in [-0.1, -0.05) is 20.8 Å². The molecule has 0 bridgehead atoms. The molecular weight excluding hydrogens is 246 g/mol. The molecule has 0 spiro atoms. The maximum absolute atomic E-state index is 11.4. The van der Waals surface area contributed by atoms with Crippen molar-refractivity contribution in [3.8, 4) is 0 Å². The first-order chi connectivity index (χ1) is 7.43. The van der Waals surface area contributed by atoms with Gasteiger partial charge in [0.25, 0.3) is 0 Å². The molecule has 6 nitrogen and oxygen atoms in total. The van der Waals surface area contributed by atoms with Gasteiger partial charge in [0.15, 0.2) is 0 Å². The van der Waals surface area contributed by atoms with E-state index in [2.05, 4.69) is 5.32 Å². The zero-order valence-corrected chi connectivity index (χ0v) is 11.3. The summed E-state index contributed by atoms with van der Waals surface area (Å²) in [7, 11) is -3.22. The highest BCUT2D eigenvalue weighted by Crippen LogP contribution is 2.19. The van der Waals surface area contributed by atoms with E-state index in [0.717, 1.165) is 6.26 Å². The van der Waals surface area contributed by atoms with E-state index >= 15 is 0 Å². The second-order valence-corrected chi connectivity index (χ2v) is 7.34. The van der Waals surface area contributed by atoms with Crippen LogP contribution in [0.2, 0.25) is 0 Å². The van der Waals surface area contributed by atoms with Crippen LogP contribution in [-0.4, -0.2) is 43.5 Å². The van der Waals surface area contributed by atoms with Crippen molar-refractivity contribution < 1.29 is 23.1 Å². The first kappa shape index (κ1) is 15.9. The SMILES string of the molecule is CC(C)(C)[C@H](NC(=O)CCS(C)(=O)=O)C(=O)O. The normalized spacial score (nSPS) is 14.1. The molecule has 0 radical (unpaired) electrons. The molecule has 7 heteroatoms. The summed E-state index contributed by atoms with van der Waals surface area (Å²) in [6.07, 6.45) is 0.803. The summed E-state index contributed by atoms with van der Waals surface area (Å²) in [5.74, 6) is -1.99. The highest BCUT2D eigenvalue weighted by Gasteiger charge is 2.32. The van der Waals surface area contributed by atoms with E-state index in [-0.39, 0.29) is 12.2 Å². The van der Waals surface area contributed by atoms with Crippen LogP contribution in [-0.2, 0) is 19.4 Å². The number of rotatable bonds is 5. The molecule has 1 atom stereocenters. The van der Waals surface area contributed by atoms with Gasteiger partial charge in [0.2, 0.25) is 5.91 Å². The molecule has 0 saturated heterocycles. The lowest BCUT2D eigenvalue weighted by atomic mass is 9.87. The lowest BCUT2D eigenvalue weighted by Gasteiger charge is -2.27. The molecule has 0 aliphatic heterocycles. The Hall–Kier alpha value is -1.11. The van der Waals surface area contributed by atoms with E-state index < -0.39 is 33.2 Å². The average Bonchev–Trinajstić information content (AvgIpc) is 2.07. The molecule has 0 saturated carbocycles. The molecule has 1 amide bonds. The van der Waals surface area contributed by atoms with E-state index in [4.69, 9.17) is 5.11 Å². The quantitative estimate of drug-likeness (QED) is 0.730. The Balaban J connectivity index is 4.49. The van der Waals surface area contributed by atoms with Crippen molar-refractivity contribution in [3.05, 3.63) is 0 Å². The molecule has 0 fully saturated rings. The van der Waals surface area contributed by atoms with E-state index in [1.807, 2.05) is 0 Å². The zero-order valence-electron chi connectivity index (χ0n) is 10.5. The summed E-state index contributed by atoms with van der Waals surface area (Å²) in [4.78, 5) is 22.4. The predicted molar refractivity (Wildman–Crippen MR) is 63.3 cm³/mol. The third kappa shape index (κ3) is 6.93. The molecule has 0 unspecified atom stereocenters. The number of carbonyl (C=O) groups excluding carboxylic acids is 1. The topological polar surface area (TPSA) is 101 Å². The molecule has 2 N–H and O–H groups in total. The third-order valence-corrected chi connectivity index (χ3v) is 3.06. The lowest BCUT2D eigenvalue weighted by molar-refractivity contribution is -0.144. The van der Waals surface area contributed by atoms with Crippen molar-refractivity contribution in [1.29, 1.82) is 0 Å². The van der Waals surface area contributed by atoms with Crippen LogP contribution in [0.4, 0.5) is 0 Å². The second kappa shape index (κ2) is 5.48. The molecule has 100 valence electrons. The lowest BCUT2D eigenvalue weighted by Crippen LogP contribution is -2.49. The Labute approximate surface area is 101 Å². The van der Waals surface area contributed by atoms with E-state index in [1.165, 1.54) is 0 Å². The molecule has 0 heterocycles. The Morgan fingerprint density at radius 1 is 1.29 bits per heavy atom. The van der Waals surface area contributed by atoms with Gasteiger partial charge < -0.3 is 10.4 Å². The Morgan fingerprint density at radius 3 is 2.06 bits per heavy atom. The summed E-state index contributed by atoms with van der Waals surface area (Å²) < 4.78 is 21.7. The van der Waals surface area contributed by atoms with E-state index in [0.29, 0.717) is 0 Å². The minimum atomic E-state index is -3.22. The van der Waals surface area contributed by atoms with Gasteiger partial charge in [-0.25, -0.2) is 13.2 Å². The first-order valence-electron chi connectivity index (χ1n) is 5.13. The van der Waals surface area contributed by atoms with Gasteiger partial charge in [0.05, 0.1) is 5.75 Å². The van der Waals surface area contributed by atoms with Crippen LogP contribution >= 0.6 is 0 Å². The van der Waals surface area contributed by atoms with Crippen LogP contribution in [0.1, 0.15) is 27.2 Å². The first-order valence-corrected chi connectivity index (χ1v) is 7.19. The minimum Gasteiger partial charge on any atom is -0.480 e. The molecule has 0 aliphatic carbocycles. The van der Waals surface area contributed by atoms with Gasteiger partial charge >= 0.3 is 5.97 Å². The van der Waals surface area contributed by atoms with Crippen molar-refractivity contribution >= 4 is 21.7 Å². The van der Waals surface area contributed by atoms with Gasteiger partial charge in [-0.15, -0.1) is 0 Å². The van der Waals surface area contributed by atoms with Crippen molar-refractivity contribution in [2.75, 3.05) is 12.0 Å². The second-order valence-electron chi connectivity index (χ2n) is 5.08. The number of sulfone groups is 1. The molecule has 0 rings (SSSR count). The number of nitrogens with one attached hydrogen (secondary N) is 1. The Morgan fingerprint density at radius 2 is 1.76 bits per heavy atom. The number of aliphatic carboxylic acids is 1. The highest BCUT2D eigenvalue weighted by atomic mass is 32.2. The zero-order chi connectivity index (χ0) is 13.9. The molecule has 0 aromatic heterocycles. The van der Waals surface area contributed by atoms with Crippen LogP contribution in [0, 0.1) is 5.41 Å². The fourth-order valence-electron chi connectivity index (χ4n) is 1.16. The van der Waals surface area contributed by atoms with Crippen molar-refractivity contribution in [1.82, 2.24) is 5.32 Å². The van der Waals surface area contributed by atoms with Gasteiger partial charge in [-0.2, -0.15) is 0 Å². The highest BCUT2D eigenvalue weighted by molar-refractivity contribution is 7.90. The summed E-state index contributed by atoms with van der Waals surface area (Å²) in [6, 6.07) is -1.03. The van der Waals surface area contributed by atoms with Crippen molar-refractivity contribution in [2.45, 2.75) is 33.2 Å². The van der Waals surface area contributed by atoms with Crippen LogP contribution in [0.15, 0.2) is 0 Å². The number of hydrogen-bond acceptors (Lipinski definition) is 4. The maximum Gasteiger partial charge on any atom is 0.326 e. The van der Waals surface area contributed by atoms with E-state index in [9.17, 15) is 18.0 Å². The number of carbonyl (C=O) groups is 2. The Bertz CT molecular complexity index is 393. The van der Waals surface area contributed by atoms with Gasteiger partial charge in [0.1, 0.15) is 15.9 Å². The van der Waals surface area contributed by atoms with Gasteiger partial charge in [-0.05, 0) is 5.41 Å².